The van der Waals surface area contributed by atoms with Gasteiger partial charge in [-0.25, -0.2) is 25.6 Å². The van der Waals surface area contributed by atoms with Crippen LogP contribution in [-0.2, 0) is 20.0 Å². The summed E-state index contributed by atoms with van der Waals surface area (Å²) in [4.78, 5) is -0.950. The number of sulfonamides is 2. The highest BCUT2D eigenvalue weighted by atomic mass is 32.3. The third kappa shape index (κ3) is 4.15. The van der Waals surface area contributed by atoms with E-state index >= 15 is 0 Å². The minimum atomic E-state index is -4.97. The lowest BCUT2D eigenvalue weighted by molar-refractivity contribution is 0.565. The van der Waals surface area contributed by atoms with Crippen LogP contribution in [0.5, 0.6) is 0 Å². The average Bonchev–Trinajstić information content (AvgIpc) is 2.70. The first kappa shape index (κ1) is 22.4. The Bertz CT molecular complexity index is 1300. The van der Waals surface area contributed by atoms with Crippen LogP contribution >= 0.6 is 0 Å². The molecule has 160 valence electrons. The highest BCUT2D eigenvalue weighted by Gasteiger charge is 2.40. The second kappa shape index (κ2) is 8.09. The Morgan fingerprint density at radius 3 is 1.42 bits per heavy atom. The number of nitriles is 1. The molecule has 0 N–H and O–H groups in total. The number of halogens is 2. The second-order valence-corrected chi connectivity index (χ2v) is 10.5. The van der Waals surface area contributed by atoms with E-state index in [-0.39, 0.29) is 3.71 Å². The van der Waals surface area contributed by atoms with Crippen LogP contribution < -0.4 is 3.71 Å². The number of aryl methyl sites for hydroxylation is 2. The van der Waals surface area contributed by atoms with Crippen molar-refractivity contribution in [3.8, 4) is 6.07 Å². The van der Waals surface area contributed by atoms with Gasteiger partial charge in [0.2, 0.25) is 0 Å². The van der Waals surface area contributed by atoms with Gasteiger partial charge in [0.05, 0.1) is 21.4 Å². The summed E-state index contributed by atoms with van der Waals surface area (Å²) in [5.74, 6) is -3.02. The summed E-state index contributed by atoms with van der Waals surface area (Å²) in [6.07, 6.45) is 0. The zero-order chi connectivity index (χ0) is 23.0. The normalized spacial score (nSPS) is 11.7. The highest BCUT2D eigenvalue weighted by Crippen LogP contribution is 2.35. The van der Waals surface area contributed by atoms with E-state index in [1.165, 1.54) is 30.3 Å². The van der Waals surface area contributed by atoms with Crippen molar-refractivity contribution in [2.24, 2.45) is 0 Å². The van der Waals surface area contributed by atoms with Gasteiger partial charge in [0.15, 0.2) is 11.6 Å². The number of nitrogens with zero attached hydrogens (tertiary/aromatic N) is 2. The van der Waals surface area contributed by atoms with Gasteiger partial charge in [-0.3, -0.25) is 0 Å². The zero-order valence-electron chi connectivity index (χ0n) is 16.4. The van der Waals surface area contributed by atoms with E-state index in [0.29, 0.717) is 23.3 Å². The van der Waals surface area contributed by atoms with E-state index in [4.69, 9.17) is 5.26 Å². The molecule has 0 saturated heterocycles. The molecule has 3 rings (SSSR count). The van der Waals surface area contributed by atoms with E-state index in [1.54, 1.807) is 13.8 Å². The van der Waals surface area contributed by atoms with E-state index in [9.17, 15) is 25.6 Å². The third-order valence-electron chi connectivity index (χ3n) is 4.40. The van der Waals surface area contributed by atoms with Crippen LogP contribution in [-0.4, -0.2) is 16.8 Å². The molecular formula is C21H16F2N2O4S2. The summed E-state index contributed by atoms with van der Waals surface area (Å²) >= 11 is 0. The van der Waals surface area contributed by atoms with Crippen molar-refractivity contribution in [3.63, 3.8) is 0 Å². The lowest BCUT2D eigenvalue weighted by Gasteiger charge is -2.25. The van der Waals surface area contributed by atoms with Crippen LogP contribution in [0.25, 0.3) is 0 Å². The maximum absolute atomic E-state index is 14.8. The van der Waals surface area contributed by atoms with Gasteiger partial charge in [-0.2, -0.15) is 5.26 Å². The Balaban J connectivity index is 2.36. The number of hydrogen-bond acceptors (Lipinski definition) is 5. The molecule has 0 spiro atoms. The fourth-order valence-electron chi connectivity index (χ4n) is 2.79. The van der Waals surface area contributed by atoms with Crippen molar-refractivity contribution < 1.29 is 25.6 Å². The summed E-state index contributed by atoms with van der Waals surface area (Å²) in [5, 5.41) is 8.91. The maximum atomic E-state index is 14.8. The van der Waals surface area contributed by atoms with Crippen molar-refractivity contribution in [3.05, 3.63) is 89.0 Å². The molecule has 0 saturated carbocycles. The number of rotatable bonds is 5. The van der Waals surface area contributed by atoms with Crippen LogP contribution in [0.2, 0.25) is 0 Å². The minimum absolute atomic E-state index is 0.263. The molecule has 0 atom stereocenters. The van der Waals surface area contributed by atoms with E-state index in [0.717, 1.165) is 24.3 Å². The van der Waals surface area contributed by atoms with Crippen molar-refractivity contribution in [2.45, 2.75) is 23.6 Å². The summed E-state index contributed by atoms with van der Waals surface area (Å²) < 4.78 is 82.7. The molecule has 31 heavy (non-hydrogen) atoms. The summed E-state index contributed by atoms with van der Waals surface area (Å²) in [6, 6.07) is 12.9. The fourth-order valence-corrected chi connectivity index (χ4v) is 6.51. The van der Waals surface area contributed by atoms with Gasteiger partial charge in [-0.1, -0.05) is 35.4 Å². The topological polar surface area (TPSA) is 95.3 Å². The molecule has 6 nitrogen and oxygen atoms in total. The van der Waals surface area contributed by atoms with Crippen LogP contribution in [0.4, 0.5) is 14.5 Å². The second-order valence-electron chi connectivity index (χ2n) is 6.73. The predicted octanol–water partition coefficient (Wildman–Crippen LogP) is 4.04. The lowest BCUT2D eigenvalue weighted by atomic mass is 10.2. The molecule has 0 aliphatic rings. The summed E-state index contributed by atoms with van der Waals surface area (Å²) in [5.41, 5.74) is -0.357. The summed E-state index contributed by atoms with van der Waals surface area (Å²) in [6.45, 7) is 3.38. The molecule has 0 unspecified atom stereocenters. The van der Waals surface area contributed by atoms with Gasteiger partial charge >= 0.3 is 0 Å². The average molecular weight is 462 g/mol. The molecule has 0 bridgehead atoms. The monoisotopic (exact) mass is 462 g/mol. The molecule has 0 radical (unpaired) electrons. The van der Waals surface area contributed by atoms with Crippen LogP contribution in [0.3, 0.4) is 0 Å². The molecule has 3 aromatic rings. The molecule has 10 heteroatoms. The van der Waals surface area contributed by atoms with Gasteiger partial charge in [0, 0.05) is 0 Å². The lowest BCUT2D eigenvalue weighted by Crippen LogP contribution is -2.38. The standard InChI is InChI=1S/C21H16F2N2O4S2/c1-14-3-7-17(8-4-14)30(26,27)25(21-19(22)11-16(13-24)12-20(21)23)31(28,29)18-9-5-15(2)6-10-18/h3-12H,1-2H3. The Morgan fingerprint density at radius 2 is 1.10 bits per heavy atom. The first-order valence-corrected chi connectivity index (χ1v) is 11.7. The third-order valence-corrected chi connectivity index (χ3v) is 8.55. The predicted molar refractivity (Wildman–Crippen MR) is 110 cm³/mol. The molecule has 0 aliphatic carbocycles. The van der Waals surface area contributed by atoms with Gasteiger partial charge in [0.1, 0.15) is 5.69 Å². The molecule has 0 aliphatic heterocycles. The van der Waals surface area contributed by atoms with Crippen LogP contribution in [0.1, 0.15) is 16.7 Å². The highest BCUT2D eigenvalue weighted by molar-refractivity contribution is 8.10. The Hall–Kier alpha value is -3.29. The quantitative estimate of drug-likeness (QED) is 0.570. The molecule has 0 amide bonds. The van der Waals surface area contributed by atoms with Gasteiger partial charge in [0.25, 0.3) is 20.0 Å². The van der Waals surface area contributed by atoms with Crippen LogP contribution in [0, 0.1) is 36.8 Å². The Labute approximate surface area is 179 Å². The molecule has 0 fully saturated rings. The van der Waals surface area contributed by atoms with Crippen molar-refractivity contribution in [2.75, 3.05) is 3.71 Å². The summed E-state index contributed by atoms with van der Waals surface area (Å²) in [7, 11) is -9.94. The van der Waals surface area contributed by atoms with Gasteiger partial charge in [-0.15, -0.1) is 3.71 Å². The molecular weight excluding hydrogens is 446 g/mol. The van der Waals surface area contributed by atoms with E-state index < -0.39 is 52.7 Å². The largest absolute Gasteiger partial charge is 0.277 e. The van der Waals surface area contributed by atoms with E-state index in [2.05, 4.69) is 0 Å². The zero-order valence-corrected chi connectivity index (χ0v) is 18.0. The minimum Gasteiger partial charge on any atom is -0.204 e. The Morgan fingerprint density at radius 1 is 0.742 bits per heavy atom. The van der Waals surface area contributed by atoms with Crippen molar-refractivity contribution in [1.82, 2.24) is 0 Å². The Kier molecular flexibility index (Phi) is 5.85. The maximum Gasteiger partial charge on any atom is 0.277 e. The number of anilines is 1. The number of hydrogen-bond donors (Lipinski definition) is 0. The van der Waals surface area contributed by atoms with E-state index in [1.807, 2.05) is 0 Å². The molecule has 0 aromatic heterocycles. The number of benzene rings is 3. The van der Waals surface area contributed by atoms with Crippen molar-refractivity contribution >= 4 is 25.7 Å². The van der Waals surface area contributed by atoms with Gasteiger partial charge in [-0.05, 0) is 50.2 Å². The molecule has 0 heterocycles. The van der Waals surface area contributed by atoms with Crippen LogP contribution in [0.15, 0.2) is 70.5 Å². The first-order chi connectivity index (χ1) is 14.5. The first-order valence-electron chi connectivity index (χ1n) is 8.81. The fraction of sp³-hybridized carbons (Fsp3) is 0.0952. The van der Waals surface area contributed by atoms with Gasteiger partial charge < -0.3 is 0 Å². The van der Waals surface area contributed by atoms with Crippen molar-refractivity contribution in [1.29, 1.82) is 5.26 Å². The SMILES string of the molecule is Cc1ccc(S(=O)(=O)N(c2c(F)cc(C#N)cc2F)S(=O)(=O)c2ccc(C)cc2)cc1. The molecule has 3 aromatic carbocycles. The smallest absolute Gasteiger partial charge is 0.204 e.